The Morgan fingerprint density at radius 2 is 1.94 bits per heavy atom. The molecule has 3 nitrogen and oxygen atoms in total. The van der Waals surface area contributed by atoms with Crippen LogP contribution in [0.2, 0.25) is 0 Å². The van der Waals surface area contributed by atoms with E-state index in [9.17, 15) is 4.79 Å². The van der Waals surface area contributed by atoms with Crippen molar-refractivity contribution in [2.75, 3.05) is 0 Å². The second kappa shape index (κ2) is 5.45. The first-order chi connectivity index (χ1) is 8.74. The zero-order valence-electron chi connectivity index (χ0n) is 10.2. The third kappa shape index (κ3) is 2.56. The number of carbonyl (C=O) groups is 1. The van der Waals surface area contributed by atoms with Crippen LogP contribution in [0.25, 0.3) is 0 Å². The quantitative estimate of drug-likeness (QED) is 0.788. The first-order valence-corrected chi connectivity index (χ1v) is 5.94. The summed E-state index contributed by atoms with van der Waals surface area (Å²) in [5, 5.41) is 2.80. The van der Waals surface area contributed by atoms with E-state index in [2.05, 4.69) is 23.5 Å². The molecule has 92 valence electrons. The van der Waals surface area contributed by atoms with Crippen molar-refractivity contribution in [3.05, 3.63) is 60.7 Å². The number of amides is 1. The molecule has 1 heterocycles. The topological polar surface area (TPSA) is 41.5 Å². The molecule has 18 heavy (non-hydrogen) atoms. The summed E-state index contributed by atoms with van der Waals surface area (Å²) < 4.78 is 0. The molecule has 0 spiro atoms. The summed E-state index contributed by atoms with van der Waals surface area (Å²) >= 11 is 0. The first kappa shape index (κ1) is 12.3. The second-order valence-electron chi connectivity index (χ2n) is 4.20. The highest BCUT2D eigenvalue weighted by Gasteiger charge is 2.25. The molecule has 0 aromatic heterocycles. The van der Waals surface area contributed by atoms with Gasteiger partial charge in [-0.1, -0.05) is 36.4 Å². The Labute approximate surface area is 107 Å². The minimum atomic E-state index is -0.328. The van der Waals surface area contributed by atoms with Crippen LogP contribution < -0.4 is 5.32 Å². The Kier molecular flexibility index (Phi) is 3.72. The van der Waals surface area contributed by atoms with E-state index in [0.29, 0.717) is 12.3 Å². The third-order valence-corrected chi connectivity index (χ3v) is 2.83. The van der Waals surface area contributed by atoms with Crippen LogP contribution in [-0.2, 0) is 11.2 Å². The van der Waals surface area contributed by atoms with Gasteiger partial charge in [0.05, 0.1) is 0 Å². The lowest BCUT2D eigenvalue weighted by molar-refractivity contribution is -0.120. The van der Waals surface area contributed by atoms with Crippen LogP contribution in [0.3, 0.4) is 0 Å². The average Bonchev–Trinajstić information content (AvgIpc) is 2.73. The van der Waals surface area contributed by atoms with Crippen LogP contribution in [0.4, 0.5) is 0 Å². The lowest BCUT2D eigenvalue weighted by Crippen LogP contribution is -2.28. The molecular formula is C15H16N2O. The number of nitrogens with zero attached hydrogens (tertiary/aromatic N) is 1. The van der Waals surface area contributed by atoms with E-state index in [1.54, 1.807) is 6.08 Å². The van der Waals surface area contributed by atoms with Gasteiger partial charge < -0.3 is 5.32 Å². The smallest absolute Gasteiger partial charge is 0.250 e. The van der Waals surface area contributed by atoms with Gasteiger partial charge in [-0.15, -0.1) is 13.2 Å². The number of aliphatic imine (C=N–C) groups is 1. The highest BCUT2D eigenvalue weighted by molar-refractivity contribution is 6.13. The van der Waals surface area contributed by atoms with Gasteiger partial charge in [-0.05, 0) is 18.4 Å². The number of hydrogen-bond donors (Lipinski definition) is 1. The van der Waals surface area contributed by atoms with Crippen LogP contribution in [0.1, 0.15) is 17.5 Å². The SMILES string of the molecule is C=CCc1ccc(C2=NC(CC=C)C(=O)N2)cc1. The highest BCUT2D eigenvalue weighted by Crippen LogP contribution is 2.12. The third-order valence-electron chi connectivity index (χ3n) is 2.83. The van der Waals surface area contributed by atoms with Gasteiger partial charge in [0.2, 0.25) is 0 Å². The number of hydrogen-bond acceptors (Lipinski definition) is 2. The Balaban J connectivity index is 2.17. The molecule has 1 N–H and O–H groups in total. The van der Waals surface area contributed by atoms with Gasteiger partial charge in [0, 0.05) is 5.56 Å². The second-order valence-corrected chi connectivity index (χ2v) is 4.20. The summed E-state index contributed by atoms with van der Waals surface area (Å²) in [6.45, 7) is 7.34. The van der Waals surface area contributed by atoms with Crippen molar-refractivity contribution in [2.24, 2.45) is 4.99 Å². The molecule has 1 unspecified atom stereocenters. The molecule has 3 heteroatoms. The largest absolute Gasteiger partial charge is 0.309 e. The maximum atomic E-state index is 11.6. The molecule has 1 aliphatic heterocycles. The molecule has 1 aromatic carbocycles. The molecule has 2 rings (SSSR count). The monoisotopic (exact) mass is 240 g/mol. The summed E-state index contributed by atoms with van der Waals surface area (Å²) in [5.41, 5.74) is 2.13. The van der Waals surface area contributed by atoms with E-state index in [1.165, 1.54) is 5.56 Å². The average molecular weight is 240 g/mol. The van der Waals surface area contributed by atoms with Crippen molar-refractivity contribution in [1.82, 2.24) is 5.32 Å². The fourth-order valence-electron chi connectivity index (χ4n) is 1.88. The predicted octanol–water partition coefficient (Wildman–Crippen LogP) is 2.24. The van der Waals surface area contributed by atoms with E-state index in [0.717, 1.165) is 12.0 Å². The summed E-state index contributed by atoms with van der Waals surface area (Å²) in [4.78, 5) is 16.0. The summed E-state index contributed by atoms with van der Waals surface area (Å²) in [7, 11) is 0. The maximum absolute atomic E-state index is 11.6. The van der Waals surface area contributed by atoms with Crippen LogP contribution in [0.5, 0.6) is 0 Å². The molecular weight excluding hydrogens is 224 g/mol. The number of carbonyl (C=O) groups excluding carboxylic acids is 1. The molecule has 1 aliphatic rings. The van der Waals surface area contributed by atoms with E-state index in [4.69, 9.17) is 0 Å². The van der Waals surface area contributed by atoms with Crippen molar-refractivity contribution < 1.29 is 4.79 Å². The molecule has 1 aromatic rings. The molecule has 0 aliphatic carbocycles. The minimum Gasteiger partial charge on any atom is -0.309 e. The number of nitrogens with one attached hydrogen (secondary N) is 1. The molecule has 0 saturated heterocycles. The van der Waals surface area contributed by atoms with Crippen LogP contribution in [-0.4, -0.2) is 17.8 Å². The van der Waals surface area contributed by atoms with Crippen molar-refractivity contribution in [3.8, 4) is 0 Å². The Hall–Kier alpha value is -2.16. The number of amidine groups is 1. The van der Waals surface area contributed by atoms with Crippen LogP contribution in [0, 0.1) is 0 Å². The number of rotatable bonds is 5. The van der Waals surface area contributed by atoms with Gasteiger partial charge in [-0.25, -0.2) is 0 Å². The highest BCUT2D eigenvalue weighted by atomic mass is 16.2. The summed E-state index contributed by atoms with van der Waals surface area (Å²) in [5.74, 6) is 0.595. The summed E-state index contributed by atoms with van der Waals surface area (Å²) in [6.07, 6.45) is 5.00. The zero-order valence-corrected chi connectivity index (χ0v) is 10.2. The normalized spacial score (nSPS) is 18.1. The standard InChI is InChI=1S/C15H16N2O/c1-3-5-11-7-9-12(10-8-11)14-16-13(6-4-2)15(18)17-14/h3-4,7-10,13H,1-2,5-6H2,(H,16,17,18). The van der Waals surface area contributed by atoms with E-state index >= 15 is 0 Å². The van der Waals surface area contributed by atoms with Gasteiger partial charge in [0.1, 0.15) is 11.9 Å². The predicted molar refractivity (Wildman–Crippen MR) is 73.6 cm³/mol. The lowest BCUT2D eigenvalue weighted by Gasteiger charge is -2.02. The zero-order chi connectivity index (χ0) is 13.0. The maximum Gasteiger partial charge on any atom is 0.250 e. The van der Waals surface area contributed by atoms with E-state index < -0.39 is 0 Å². The fourth-order valence-corrected chi connectivity index (χ4v) is 1.88. The van der Waals surface area contributed by atoms with E-state index in [1.807, 2.05) is 30.3 Å². The fraction of sp³-hybridized carbons (Fsp3) is 0.200. The van der Waals surface area contributed by atoms with Gasteiger partial charge in [0.15, 0.2) is 0 Å². The minimum absolute atomic E-state index is 0.0555. The Morgan fingerprint density at radius 3 is 2.56 bits per heavy atom. The van der Waals surface area contributed by atoms with Gasteiger partial charge in [-0.3, -0.25) is 9.79 Å². The van der Waals surface area contributed by atoms with Gasteiger partial charge >= 0.3 is 0 Å². The van der Waals surface area contributed by atoms with Crippen LogP contribution >= 0.6 is 0 Å². The molecule has 0 saturated carbocycles. The molecule has 1 atom stereocenters. The lowest BCUT2D eigenvalue weighted by atomic mass is 10.1. The van der Waals surface area contributed by atoms with Crippen molar-refractivity contribution >= 4 is 11.7 Å². The first-order valence-electron chi connectivity index (χ1n) is 5.94. The van der Waals surface area contributed by atoms with Crippen LogP contribution in [0.15, 0.2) is 54.6 Å². The molecule has 0 bridgehead atoms. The summed E-state index contributed by atoms with van der Waals surface area (Å²) in [6, 6.07) is 7.65. The van der Waals surface area contributed by atoms with Crippen molar-refractivity contribution in [1.29, 1.82) is 0 Å². The van der Waals surface area contributed by atoms with Crippen molar-refractivity contribution in [3.63, 3.8) is 0 Å². The van der Waals surface area contributed by atoms with Gasteiger partial charge in [-0.2, -0.15) is 0 Å². The van der Waals surface area contributed by atoms with Gasteiger partial charge in [0.25, 0.3) is 5.91 Å². The van der Waals surface area contributed by atoms with Crippen molar-refractivity contribution in [2.45, 2.75) is 18.9 Å². The number of benzene rings is 1. The molecule has 0 fully saturated rings. The molecule has 0 radical (unpaired) electrons. The Morgan fingerprint density at radius 1 is 1.22 bits per heavy atom. The molecule has 1 amide bonds. The van der Waals surface area contributed by atoms with E-state index in [-0.39, 0.29) is 11.9 Å². The number of allylic oxidation sites excluding steroid dienone is 1. The Bertz CT molecular complexity index is 500.